The molecule has 3 aromatic rings. The second kappa shape index (κ2) is 12.1. The van der Waals surface area contributed by atoms with Gasteiger partial charge in [-0.15, -0.1) is 0 Å². The van der Waals surface area contributed by atoms with Crippen LogP contribution in [0.25, 0.3) is 16.6 Å². The molecule has 182 valence electrons. The van der Waals surface area contributed by atoms with Crippen molar-refractivity contribution in [3.8, 4) is 5.69 Å². The number of benzene rings is 2. The van der Waals surface area contributed by atoms with E-state index >= 15 is 0 Å². The molecule has 6 nitrogen and oxygen atoms in total. The fourth-order valence-corrected chi connectivity index (χ4v) is 3.94. The highest BCUT2D eigenvalue weighted by molar-refractivity contribution is 6.31. The number of aromatic nitrogens is 2. The van der Waals surface area contributed by atoms with E-state index in [9.17, 15) is 9.59 Å². The zero-order valence-corrected chi connectivity index (χ0v) is 21.4. The molecule has 0 bridgehead atoms. The second-order valence-electron chi connectivity index (χ2n) is 9.16. The van der Waals surface area contributed by atoms with Crippen molar-refractivity contribution >= 4 is 28.4 Å². The zero-order chi connectivity index (χ0) is 24.7. The van der Waals surface area contributed by atoms with Gasteiger partial charge in [0, 0.05) is 31.0 Å². The number of fused-ring (bicyclic) bond motifs is 1. The van der Waals surface area contributed by atoms with Gasteiger partial charge in [-0.1, -0.05) is 56.5 Å². The van der Waals surface area contributed by atoms with Gasteiger partial charge >= 0.3 is 0 Å². The largest absolute Gasteiger partial charge is 0.278 e. The van der Waals surface area contributed by atoms with Gasteiger partial charge in [-0.05, 0) is 56.0 Å². The number of halogens is 1. The van der Waals surface area contributed by atoms with Crippen LogP contribution >= 0.6 is 11.6 Å². The number of nitrogens with one attached hydrogen (secondary N) is 1. The number of amides is 1. The zero-order valence-electron chi connectivity index (χ0n) is 20.6. The molecule has 0 spiro atoms. The van der Waals surface area contributed by atoms with Crippen molar-refractivity contribution in [3.63, 3.8) is 0 Å². The number of nitrogens with zero attached hydrogens (tertiary/aromatic N) is 3. The van der Waals surface area contributed by atoms with Gasteiger partial charge in [-0.3, -0.25) is 19.2 Å². The number of carbonyl (C=O) groups is 1. The minimum Gasteiger partial charge on any atom is -0.278 e. The third-order valence-electron chi connectivity index (χ3n) is 5.82. The Bertz CT molecular complexity index is 1170. The Balaban J connectivity index is 1.97. The van der Waals surface area contributed by atoms with Crippen LogP contribution in [0.3, 0.4) is 0 Å². The molecule has 0 saturated heterocycles. The van der Waals surface area contributed by atoms with Crippen molar-refractivity contribution in [1.29, 1.82) is 0 Å². The molecule has 0 aliphatic carbocycles. The van der Waals surface area contributed by atoms with Crippen LogP contribution in [0.5, 0.6) is 0 Å². The van der Waals surface area contributed by atoms with Gasteiger partial charge in [-0.25, -0.2) is 10.4 Å². The van der Waals surface area contributed by atoms with Crippen LogP contribution in [0.4, 0.5) is 0 Å². The maximum absolute atomic E-state index is 13.5. The Morgan fingerprint density at radius 2 is 1.91 bits per heavy atom. The molecule has 1 amide bonds. The van der Waals surface area contributed by atoms with Crippen molar-refractivity contribution in [2.75, 3.05) is 13.1 Å². The van der Waals surface area contributed by atoms with Crippen molar-refractivity contribution in [3.05, 3.63) is 69.2 Å². The van der Waals surface area contributed by atoms with Crippen LogP contribution in [0.15, 0.2) is 47.3 Å². The molecule has 0 aliphatic heterocycles. The fraction of sp³-hybridized carbons (Fsp3) is 0.444. The normalized spacial score (nSPS) is 11.4. The maximum Gasteiger partial charge on any atom is 0.265 e. The highest BCUT2D eigenvalue weighted by Crippen LogP contribution is 2.18. The summed E-state index contributed by atoms with van der Waals surface area (Å²) in [7, 11) is 0. The number of hydrogen-bond acceptors (Lipinski definition) is 4. The van der Waals surface area contributed by atoms with Crippen molar-refractivity contribution in [2.45, 2.75) is 59.8 Å². The summed E-state index contributed by atoms with van der Waals surface area (Å²) in [5, 5.41) is 2.75. The lowest BCUT2D eigenvalue weighted by Crippen LogP contribution is -2.45. The van der Waals surface area contributed by atoms with E-state index in [4.69, 9.17) is 16.6 Å². The molecule has 0 fully saturated rings. The molecular weight excluding hydrogens is 448 g/mol. The second-order valence-corrected chi connectivity index (χ2v) is 9.59. The molecular formula is C27H35ClN4O2. The first-order chi connectivity index (χ1) is 16.3. The summed E-state index contributed by atoms with van der Waals surface area (Å²) in [6.45, 7) is 9.52. The Kier molecular flexibility index (Phi) is 9.25. The average molecular weight is 483 g/mol. The molecule has 2 aromatic carbocycles. The summed E-state index contributed by atoms with van der Waals surface area (Å²) in [6.07, 6.45) is 3.78. The van der Waals surface area contributed by atoms with Crippen LogP contribution in [-0.4, -0.2) is 33.6 Å². The molecule has 0 radical (unpaired) electrons. The first kappa shape index (κ1) is 25.9. The summed E-state index contributed by atoms with van der Waals surface area (Å²) in [5.41, 5.74) is 5.58. The first-order valence-electron chi connectivity index (χ1n) is 12.1. The van der Waals surface area contributed by atoms with E-state index in [1.165, 1.54) is 0 Å². The summed E-state index contributed by atoms with van der Waals surface area (Å²) in [6, 6.07) is 12.9. The van der Waals surface area contributed by atoms with Crippen molar-refractivity contribution < 1.29 is 4.79 Å². The fourth-order valence-electron chi connectivity index (χ4n) is 3.77. The summed E-state index contributed by atoms with van der Waals surface area (Å²) < 4.78 is 1.65. The van der Waals surface area contributed by atoms with Crippen LogP contribution in [-0.2, 0) is 11.2 Å². The smallest absolute Gasteiger partial charge is 0.265 e. The van der Waals surface area contributed by atoms with E-state index in [2.05, 4.69) is 26.2 Å². The lowest BCUT2D eigenvalue weighted by Gasteiger charge is -2.25. The monoisotopic (exact) mass is 482 g/mol. The Labute approximate surface area is 206 Å². The number of unbranched alkanes of at least 4 members (excludes halogenated alkanes) is 1. The standard InChI is InChI=1S/C27H35ClN4O2/c1-5-6-16-29-31(26(33)14-7-19(2)3)17-15-25-30-24-18-21(28)10-13-23(24)27(34)32(25)22-11-8-20(4)9-12-22/h8-13,18-19,29H,5-7,14-17H2,1-4H3. The third kappa shape index (κ3) is 6.67. The Morgan fingerprint density at radius 1 is 1.18 bits per heavy atom. The van der Waals surface area contributed by atoms with Crippen molar-refractivity contribution in [2.24, 2.45) is 5.92 Å². The SMILES string of the molecule is CCCCNN(CCc1nc2cc(Cl)ccc2c(=O)n1-c1ccc(C)cc1)C(=O)CCC(C)C. The van der Waals surface area contributed by atoms with E-state index in [0.29, 0.717) is 47.1 Å². The van der Waals surface area contributed by atoms with Gasteiger partial charge in [0.1, 0.15) is 5.82 Å². The number of hydrazine groups is 1. The third-order valence-corrected chi connectivity index (χ3v) is 6.06. The molecule has 0 aliphatic rings. The van der Waals surface area contributed by atoms with Crippen LogP contribution < -0.4 is 11.0 Å². The van der Waals surface area contributed by atoms with E-state index in [1.54, 1.807) is 27.8 Å². The quantitative estimate of drug-likeness (QED) is 0.291. The molecule has 7 heteroatoms. The molecule has 0 saturated carbocycles. The molecule has 1 aromatic heterocycles. The summed E-state index contributed by atoms with van der Waals surface area (Å²) in [4.78, 5) is 31.2. The minimum absolute atomic E-state index is 0.0675. The predicted molar refractivity (Wildman–Crippen MR) is 139 cm³/mol. The average Bonchev–Trinajstić information content (AvgIpc) is 2.80. The molecule has 0 unspecified atom stereocenters. The van der Waals surface area contributed by atoms with Crippen LogP contribution in [0, 0.1) is 12.8 Å². The molecule has 1 N–H and O–H groups in total. The lowest BCUT2D eigenvalue weighted by molar-refractivity contribution is -0.134. The number of aryl methyl sites for hydroxylation is 1. The number of hydrogen-bond donors (Lipinski definition) is 1. The first-order valence-corrected chi connectivity index (χ1v) is 12.5. The molecule has 3 rings (SSSR count). The predicted octanol–water partition coefficient (Wildman–Crippen LogP) is 5.46. The van der Waals surface area contributed by atoms with Crippen molar-refractivity contribution in [1.82, 2.24) is 20.0 Å². The van der Waals surface area contributed by atoms with Crippen LogP contribution in [0.2, 0.25) is 5.02 Å². The summed E-state index contributed by atoms with van der Waals surface area (Å²) in [5.74, 6) is 1.13. The van der Waals surface area contributed by atoms with E-state index in [0.717, 1.165) is 37.1 Å². The van der Waals surface area contributed by atoms with E-state index in [1.807, 2.05) is 31.2 Å². The van der Waals surface area contributed by atoms with Gasteiger partial charge in [0.15, 0.2) is 0 Å². The molecule has 34 heavy (non-hydrogen) atoms. The minimum atomic E-state index is -0.142. The van der Waals surface area contributed by atoms with Gasteiger partial charge in [-0.2, -0.15) is 0 Å². The highest BCUT2D eigenvalue weighted by atomic mass is 35.5. The summed E-state index contributed by atoms with van der Waals surface area (Å²) >= 11 is 6.19. The number of carbonyl (C=O) groups excluding carboxylic acids is 1. The highest BCUT2D eigenvalue weighted by Gasteiger charge is 2.18. The number of rotatable bonds is 11. The lowest BCUT2D eigenvalue weighted by atomic mass is 10.1. The molecule has 0 atom stereocenters. The molecule has 1 heterocycles. The Morgan fingerprint density at radius 3 is 2.59 bits per heavy atom. The van der Waals surface area contributed by atoms with E-state index < -0.39 is 0 Å². The maximum atomic E-state index is 13.5. The van der Waals surface area contributed by atoms with Gasteiger partial charge in [0.2, 0.25) is 5.91 Å². The Hall–Kier alpha value is -2.70. The van der Waals surface area contributed by atoms with Gasteiger partial charge in [0.25, 0.3) is 5.56 Å². The topological polar surface area (TPSA) is 67.2 Å². The van der Waals surface area contributed by atoms with E-state index in [-0.39, 0.29) is 11.5 Å². The van der Waals surface area contributed by atoms with Crippen LogP contribution in [0.1, 0.15) is 57.8 Å². The van der Waals surface area contributed by atoms with Gasteiger partial charge in [0.05, 0.1) is 16.6 Å². The van der Waals surface area contributed by atoms with Gasteiger partial charge < -0.3 is 0 Å².